The van der Waals surface area contributed by atoms with Crippen molar-refractivity contribution in [3.8, 4) is 0 Å². The lowest BCUT2D eigenvalue weighted by Crippen LogP contribution is -2.31. The van der Waals surface area contributed by atoms with Crippen molar-refractivity contribution < 1.29 is 4.79 Å². The van der Waals surface area contributed by atoms with Crippen LogP contribution in [0.4, 0.5) is 0 Å². The van der Waals surface area contributed by atoms with E-state index in [-0.39, 0.29) is 17.5 Å². The van der Waals surface area contributed by atoms with E-state index in [4.69, 9.17) is 0 Å². The van der Waals surface area contributed by atoms with E-state index in [0.29, 0.717) is 34.9 Å². The molecule has 3 heterocycles. The number of hydrogen-bond donors (Lipinski definition) is 2. The quantitative estimate of drug-likeness (QED) is 0.637. The molecule has 0 radical (unpaired) electrons. The molecule has 0 fully saturated rings. The number of thioether (sulfide) groups is 1. The van der Waals surface area contributed by atoms with Gasteiger partial charge in [0, 0.05) is 18.7 Å². The van der Waals surface area contributed by atoms with Gasteiger partial charge in [-0.05, 0) is 6.42 Å². The maximum atomic E-state index is 12.5. The Balaban J connectivity index is 1.80. The average Bonchev–Trinajstić information content (AvgIpc) is 3.07. The maximum Gasteiger partial charge on any atom is 0.265 e. The fourth-order valence-corrected chi connectivity index (χ4v) is 3.53. The predicted octanol–water partition coefficient (Wildman–Crippen LogP) is 1.07. The summed E-state index contributed by atoms with van der Waals surface area (Å²) in [4.78, 5) is 28.8. The lowest BCUT2D eigenvalue weighted by Gasteiger charge is -2.13. The highest BCUT2D eigenvalue weighted by atomic mass is 32.2. The number of carbonyl (C=O) groups is 1. The minimum Gasteiger partial charge on any atom is -0.356 e. The zero-order valence-electron chi connectivity index (χ0n) is 11.8. The van der Waals surface area contributed by atoms with Gasteiger partial charge in [0.15, 0.2) is 10.8 Å². The Morgan fingerprint density at radius 1 is 1.62 bits per heavy atom. The molecule has 112 valence electrons. The van der Waals surface area contributed by atoms with Crippen molar-refractivity contribution >= 4 is 28.7 Å². The van der Waals surface area contributed by atoms with Crippen LogP contribution in [0.5, 0.6) is 0 Å². The van der Waals surface area contributed by atoms with Crippen LogP contribution in [0.25, 0.3) is 11.0 Å². The molecule has 1 aliphatic rings. The number of aromatic nitrogens is 4. The Bertz CT molecular complexity index is 723. The Morgan fingerprint density at radius 2 is 2.48 bits per heavy atom. The first-order valence-electron chi connectivity index (χ1n) is 7.05. The Hall–Kier alpha value is -1.83. The van der Waals surface area contributed by atoms with Gasteiger partial charge in [-0.25, -0.2) is 4.98 Å². The first kappa shape index (κ1) is 14.1. The SMILES string of the molecule is CCCCNC(=O)CC1CSc2nc3[nH]ncc3c(=O)n21. The number of rotatable bonds is 5. The number of amides is 1. The standard InChI is InChI=1S/C13H17N5O2S/c1-2-3-4-14-10(19)5-8-7-21-13-16-11-9(6-15-17-11)12(20)18(8)13/h6,8H,2-5,7H2,1H3,(H,14,19)(H,15,17). The number of carbonyl (C=O) groups excluding carboxylic acids is 1. The van der Waals surface area contributed by atoms with Gasteiger partial charge in [0.05, 0.1) is 12.2 Å². The highest BCUT2D eigenvalue weighted by Gasteiger charge is 2.28. The summed E-state index contributed by atoms with van der Waals surface area (Å²) in [6, 6.07) is -0.133. The van der Waals surface area contributed by atoms with Crippen molar-refractivity contribution in [1.29, 1.82) is 0 Å². The number of nitrogens with zero attached hydrogens (tertiary/aromatic N) is 3. The molecule has 1 atom stereocenters. The third-order valence-corrected chi connectivity index (χ3v) is 4.62. The molecule has 3 rings (SSSR count). The monoisotopic (exact) mass is 307 g/mol. The summed E-state index contributed by atoms with van der Waals surface area (Å²) in [7, 11) is 0. The van der Waals surface area contributed by atoms with E-state index in [9.17, 15) is 9.59 Å². The van der Waals surface area contributed by atoms with Crippen LogP contribution in [0.2, 0.25) is 0 Å². The molecule has 2 aromatic heterocycles. The van der Waals surface area contributed by atoms with Crippen LogP contribution in [-0.2, 0) is 4.79 Å². The van der Waals surface area contributed by atoms with E-state index in [1.165, 1.54) is 18.0 Å². The number of fused-ring (bicyclic) bond motifs is 2. The molecule has 8 heteroatoms. The van der Waals surface area contributed by atoms with Crippen LogP contribution in [-0.4, -0.2) is 38.0 Å². The van der Waals surface area contributed by atoms with Crippen molar-refractivity contribution in [1.82, 2.24) is 25.1 Å². The maximum absolute atomic E-state index is 12.5. The third-order valence-electron chi connectivity index (χ3n) is 3.53. The smallest absolute Gasteiger partial charge is 0.265 e. The predicted molar refractivity (Wildman–Crippen MR) is 80.4 cm³/mol. The summed E-state index contributed by atoms with van der Waals surface area (Å²) in [5, 5.41) is 10.6. The van der Waals surface area contributed by atoms with Gasteiger partial charge in [-0.2, -0.15) is 5.10 Å². The van der Waals surface area contributed by atoms with E-state index in [2.05, 4.69) is 27.4 Å². The second-order valence-corrected chi connectivity index (χ2v) is 6.06. The molecule has 1 aliphatic heterocycles. The van der Waals surface area contributed by atoms with Crippen molar-refractivity contribution in [3.05, 3.63) is 16.6 Å². The highest BCUT2D eigenvalue weighted by Crippen LogP contribution is 2.32. The van der Waals surface area contributed by atoms with E-state index in [0.717, 1.165) is 12.8 Å². The third kappa shape index (κ3) is 2.67. The van der Waals surface area contributed by atoms with Crippen LogP contribution in [0.15, 0.2) is 16.1 Å². The molecule has 0 saturated carbocycles. The van der Waals surface area contributed by atoms with Crippen molar-refractivity contribution in [2.24, 2.45) is 0 Å². The Morgan fingerprint density at radius 3 is 3.29 bits per heavy atom. The minimum atomic E-state index is -0.133. The number of hydrogen-bond acceptors (Lipinski definition) is 5. The topological polar surface area (TPSA) is 92.7 Å². The highest BCUT2D eigenvalue weighted by molar-refractivity contribution is 7.99. The van der Waals surface area contributed by atoms with Gasteiger partial charge in [-0.15, -0.1) is 0 Å². The van der Waals surface area contributed by atoms with Crippen LogP contribution in [0, 0.1) is 0 Å². The summed E-state index contributed by atoms with van der Waals surface area (Å²) >= 11 is 1.50. The first-order valence-corrected chi connectivity index (χ1v) is 8.04. The van der Waals surface area contributed by atoms with Gasteiger partial charge in [0.2, 0.25) is 5.91 Å². The van der Waals surface area contributed by atoms with E-state index in [1.54, 1.807) is 4.57 Å². The number of aromatic amines is 1. The van der Waals surface area contributed by atoms with E-state index >= 15 is 0 Å². The van der Waals surface area contributed by atoms with Gasteiger partial charge in [0.25, 0.3) is 5.56 Å². The van der Waals surface area contributed by atoms with Crippen LogP contribution < -0.4 is 10.9 Å². The summed E-state index contributed by atoms with van der Waals surface area (Å²) in [5.74, 6) is 0.685. The number of H-pyrrole nitrogens is 1. The molecular weight excluding hydrogens is 290 g/mol. The van der Waals surface area contributed by atoms with Crippen LogP contribution in [0.1, 0.15) is 32.2 Å². The molecule has 0 aliphatic carbocycles. The van der Waals surface area contributed by atoms with Crippen molar-refractivity contribution in [2.45, 2.75) is 37.4 Å². The zero-order chi connectivity index (χ0) is 14.8. The fourth-order valence-electron chi connectivity index (χ4n) is 2.40. The molecule has 0 aromatic carbocycles. The summed E-state index contributed by atoms with van der Waals surface area (Å²) in [6.07, 6.45) is 3.82. The van der Waals surface area contributed by atoms with Crippen molar-refractivity contribution in [3.63, 3.8) is 0 Å². The van der Waals surface area contributed by atoms with Gasteiger partial charge in [-0.3, -0.25) is 19.3 Å². The summed E-state index contributed by atoms with van der Waals surface area (Å²) in [6.45, 7) is 2.77. The number of unbranched alkanes of at least 4 members (excludes halogenated alkanes) is 1. The molecule has 21 heavy (non-hydrogen) atoms. The molecule has 0 saturated heterocycles. The number of nitrogens with one attached hydrogen (secondary N) is 2. The average molecular weight is 307 g/mol. The van der Waals surface area contributed by atoms with E-state index in [1.807, 2.05) is 0 Å². The lowest BCUT2D eigenvalue weighted by molar-refractivity contribution is -0.121. The Labute approximate surface area is 125 Å². The minimum absolute atomic E-state index is 0.0129. The summed E-state index contributed by atoms with van der Waals surface area (Å²) in [5.41, 5.74) is 0.381. The van der Waals surface area contributed by atoms with Gasteiger partial charge in [-0.1, -0.05) is 25.1 Å². The van der Waals surface area contributed by atoms with Gasteiger partial charge in [0.1, 0.15) is 5.39 Å². The first-order chi connectivity index (χ1) is 10.2. The largest absolute Gasteiger partial charge is 0.356 e. The molecule has 1 amide bonds. The molecule has 0 spiro atoms. The molecular formula is C13H17N5O2S. The van der Waals surface area contributed by atoms with Gasteiger partial charge >= 0.3 is 0 Å². The molecule has 1 unspecified atom stereocenters. The van der Waals surface area contributed by atoms with Crippen LogP contribution in [0.3, 0.4) is 0 Å². The lowest BCUT2D eigenvalue weighted by atomic mass is 10.2. The fraction of sp³-hybridized carbons (Fsp3) is 0.538. The second-order valence-electron chi connectivity index (χ2n) is 5.07. The van der Waals surface area contributed by atoms with Crippen LogP contribution >= 0.6 is 11.8 Å². The van der Waals surface area contributed by atoms with Crippen molar-refractivity contribution in [2.75, 3.05) is 12.3 Å². The second kappa shape index (κ2) is 5.88. The molecule has 7 nitrogen and oxygen atoms in total. The van der Waals surface area contributed by atoms with E-state index < -0.39 is 0 Å². The Kier molecular flexibility index (Phi) is 3.96. The molecule has 2 N–H and O–H groups in total. The van der Waals surface area contributed by atoms with Gasteiger partial charge < -0.3 is 5.32 Å². The normalized spacial score (nSPS) is 17.1. The zero-order valence-corrected chi connectivity index (χ0v) is 12.6. The molecule has 0 bridgehead atoms. The molecule has 2 aromatic rings. The summed E-state index contributed by atoms with van der Waals surface area (Å²) < 4.78 is 1.63.